The molecule has 1 fully saturated rings. The number of amides is 1. The number of aryl methyl sites for hydroxylation is 2. The summed E-state index contributed by atoms with van der Waals surface area (Å²) in [6.45, 7) is 5.62. The standard InChI is InChI=1S/C17H19N5OS/c1-10-8-13(24-11(10)2)17(23)22-7-3-4-12(9-22)14-15-16(21-20-14)19-6-5-18-15/h5-6,8,12H,3-4,7,9H2,1-2H3,(H,19,20,21)/t12-/m0/s1. The minimum Gasteiger partial charge on any atom is -0.337 e. The molecule has 0 spiro atoms. The quantitative estimate of drug-likeness (QED) is 0.777. The van der Waals surface area contributed by atoms with Crippen molar-refractivity contribution in [2.75, 3.05) is 13.1 Å². The van der Waals surface area contributed by atoms with Crippen LogP contribution >= 0.6 is 11.3 Å². The molecule has 1 N–H and O–H groups in total. The highest BCUT2D eigenvalue weighted by Crippen LogP contribution is 2.31. The lowest BCUT2D eigenvalue weighted by Crippen LogP contribution is -2.39. The van der Waals surface area contributed by atoms with Crippen LogP contribution in [0.2, 0.25) is 0 Å². The fraction of sp³-hybridized carbons (Fsp3) is 0.412. The Bertz CT molecular complexity index is 880. The Morgan fingerprint density at radius 3 is 2.96 bits per heavy atom. The van der Waals surface area contributed by atoms with Crippen LogP contribution in [0.4, 0.5) is 0 Å². The van der Waals surface area contributed by atoms with Gasteiger partial charge in [0.1, 0.15) is 5.52 Å². The van der Waals surface area contributed by atoms with Crippen LogP contribution in [-0.2, 0) is 0 Å². The Hall–Kier alpha value is -2.28. The molecule has 0 radical (unpaired) electrons. The van der Waals surface area contributed by atoms with E-state index in [1.54, 1.807) is 23.7 Å². The molecule has 6 nitrogen and oxygen atoms in total. The van der Waals surface area contributed by atoms with Crippen LogP contribution in [0.3, 0.4) is 0 Å². The zero-order chi connectivity index (χ0) is 16.7. The predicted molar refractivity (Wildman–Crippen MR) is 93.4 cm³/mol. The van der Waals surface area contributed by atoms with E-state index in [1.807, 2.05) is 11.0 Å². The highest BCUT2D eigenvalue weighted by Gasteiger charge is 2.29. The van der Waals surface area contributed by atoms with Gasteiger partial charge in [-0.25, -0.2) is 9.97 Å². The number of likely N-dealkylation sites (tertiary alicyclic amines) is 1. The van der Waals surface area contributed by atoms with Crippen molar-refractivity contribution in [3.05, 3.63) is 39.5 Å². The zero-order valence-corrected chi connectivity index (χ0v) is 14.6. The fourth-order valence-corrected chi connectivity index (χ4v) is 4.29. The van der Waals surface area contributed by atoms with E-state index in [4.69, 9.17) is 0 Å². The van der Waals surface area contributed by atoms with Gasteiger partial charge < -0.3 is 4.90 Å². The molecular weight excluding hydrogens is 322 g/mol. The summed E-state index contributed by atoms with van der Waals surface area (Å²) in [6, 6.07) is 2.00. The van der Waals surface area contributed by atoms with Gasteiger partial charge in [-0.2, -0.15) is 5.10 Å². The molecule has 0 saturated carbocycles. The third-order valence-corrected chi connectivity index (χ3v) is 5.85. The van der Waals surface area contributed by atoms with Crippen molar-refractivity contribution in [2.45, 2.75) is 32.6 Å². The van der Waals surface area contributed by atoms with Gasteiger partial charge in [-0.3, -0.25) is 9.89 Å². The first-order valence-electron chi connectivity index (χ1n) is 8.15. The van der Waals surface area contributed by atoms with Crippen molar-refractivity contribution < 1.29 is 4.79 Å². The van der Waals surface area contributed by atoms with E-state index in [9.17, 15) is 4.79 Å². The van der Waals surface area contributed by atoms with Crippen LogP contribution in [0.1, 0.15) is 44.6 Å². The summed E-state index contributed by atoms with van der Waals surface area (Å²) in [4.78, 5) is 25.5. The third-order valence-electron chi connectivity index (χ3n) is 4.71. The number of piperidine rings is 1. The van der Waals surface area contributed by atoms with Crippen LogP contribution in [0.25, 0.3) is 11.2 Å². The molecule has 0 bridgehead atoms. The van der Waals surface area contributed by atoms with E-state index in [0.717, 1.165) is 35.5 Å². The van der Waals surface area contributed by atoms with Gasteiger partial charge in [-0.05, 0) is 38.3 Å². The minimum absolute atomic E-state index is 0.135. The molecule has 1 aliphatic heterocycles. The zero-order valence-electron chi connectivity index (χ0n) is 13.7. The molecule has 0 aromatic carbocycles. The summed E-state index contributed by atoms with van der Waals surface area (Å²) in [5, 5.41) is 7.32. The molecule has 7 heteroatoms. The topological polar surface area (TPSA) is 74.8 Å². The van der Waals surface area contributed by atoms with Crippen LogP contribution in [0.15, 0.2) is 18.5 Å². The fourth-order valence-electron chi connectivity index (χ4n) is 3.28. The van der Waals surface area contributed by atoms with E-state index in [2.05, 4.69) is 34.0 Å². The number of carbonyl (C=O) groups is 1. The normalized spacial score (nSPS) is 18.2. The highest BCUT2D eigenvalue weighted by molar-refractivity contribution is 7.14. The minimum atomic E-state index is 0.135. The van der Waals surface area contributed by atoms with Crippen LogP contribution < -0.4 is 0 Å². The number of fused-ring (bicyclic) bond motifs is 1. The van der Waals surface area contributed by atoms with E-state index in [-0.39, 0.29) is 11.8 Å². The molecule has 24 heavy (non-hydrogen) atoms. The Balaban J connectivity index is 1.58. The van der Waals surface area contributed by atoms with E-state index >= 15 is 0 Å². The van der Waals surface area contributed by atoms with Crippen LogP contribution in [0, 0.1) is 13.8 Å². The number of nitrogens with zero attached hydrogens (tertiary/aromatic N) is 4. The lowest BCUT2D eigenvalue weighted by atomic mass is 9.94. The predicted octanol–water partition coefficient (Wildman–Crippen LogP) is 3.05. The molecule has 0 unspecified atom stereocenters. The number of hydrogen-bond donors (Lipinski definition) is 1. The summed E-state index contributed by atoms with van der Waals surface area (Å²) >= 11 is 1.58. The molecule has 1 amide bonds. The summed E-state index contributed by atoms with van der Waals surface area (Å²) in [5.41, 5.74) is 3.64. The molecule has 124 valence electrons. The molecule has 3 aromatic rings. The summed E-state index contributed by atoms with van der Waals surface area (Å²) in [5.74, 6) is 0.363. The van der Waals surface area contributed by atoms with Crippen molar-refractivity contribution in [3.63, 3.8) is 0 Å². The van der Waals surface area contributed by atoms with Gasteiger partial charge in [0.25, 0.3) is 5.91 Å². The Kier molecular flexibility index (Phi) is 3.80. The van der Waals surface area contributed by atoms with Gasteiger partial charge >= 0.3 is 0 Å². The number of rotatable bonds is 2. The molecule has 0 aliphatic carbocycles. The number of thiophene rings is 1. The van der Waals surface area contributed by atoms with Gasteiger partial charge in [-0.15, -0.1) is 11.3 Å². The van der Waals surface area contributed by atoms with E-state index in [0.29, 0.717) is 12.2 Å². The maximum Gasteiger partial charge on any atom is 0.263 e. The monoisotopic (exact) mass is 341 g/mol. The molecular formula is C17H19N5OS. The van der Waals surface area contributed by atoms with Gasteiger partial charge in [0.2, 0.25) is 0 Å². The van der Waals surface area contributed by atoms with Gasteiger partial charge in [0, 0.05) is 36.3 Å². The van der Waals surface area contributed by atoms with Gasteiger partial charge in [-0.1, -0.05) is 0 Å². The molecule has 4 rings (SSSR count). The number of nitrogens with one attached hydrogen (secondary N) is 1. The summed E-state index contributed by atoms with van der Waals surface area (Å²) in [6.07, 6.45) is 5.34. The van der Waals surface area contributed by atoms with Gasteiger partial charge in [0.15, 0.2) is 5.65 Å². The number of hydrogen-bond acceptors (Lipinski definition) is 5. The SMILES string of the molecule is Cc1cc(C(=O)N2CCC[C@H](c3[nH]nc4nccnc34)C2)sc1C. The number of aromatic amines is 1. The molecule has 3 aromatic heterocycles. The Morgan fingerprint density at radius 1 is 1.33 bits per heavy atom. The maximum absolute atomic E-state index is 12.8. The van der Waals surface area contributed by atoms with Crippen molar-refractivity contribution in [3.8, 4) is 0 Å². The second kappa shape index (κ2) is 5.98. The van der Waals surface area contributed by atoms with Crippen molar-refractivity contribution in [1.29, 1.82) is 0 Å². The number of aromatic nitrogens is 4. The second-order valence-corrected chi connectivity index (χ2v) is 7.56. The first kappa shape index (κ1) is 15.3. The van der Waals surface area contributed by atoms with Crippen molar-refractivity contribution in [1.82, 2.24) is 25.1 Å². The molecule has 1 saturated heterocycles. The molecule has 4 heterocycles. The molecule has 1 atom stereocenters. The third kappa shape index (κ3) is 2.58. The largest absolute Gasteiger partial charge is 0.337 e. The number of carbonyl (C=O) groups excluding carboxylic acids is 1. The van der Waals surface area contributed by atoms with Crippen molar-refractivity contribution >= 4 is 28.4 Å². The molecule has 1 aliphatic rings. The van der Waals surface area contributed by atoms with E-state index < -0.39 is 0 Å². The average Bonchev–Trinajstić information content (AvgIpc) is 3.18. The van der Waals surface area contributed by atoms with E-state index in [1.165, 1.54) is 10.4 Å². The van der Waals surface area contributed by atoms with Crippen molar-refractivity contribution in [2.24, 2.45) is 0 Å². The number of H-pyrrole nitrogens is 1. The second-order valence-electron chi connectivity index (χ2n) is 6.31. The van der Waals surface area contributed by atoms with Crippen LogP contribution in [0.5, 0.6) is 0 Å². The Labute approximate surface area is 143 Å². The van der Waals surface area contributed by atoms with Gasteiger partial charge in [0.05, 0.1) is 10.6 Å². The summed E-state index contributed by atoms with van der Waals surface area (Å²) < 4.78 is 0. The van der Waals surface area contributed by atoms with Crippen LogP contribution in [-0.4, -0.2) is 44.1 Å². The lowest BCUT2D eigenvalue weighted by Gasteiger charge is -2.32. The maximum atomic E-state index is 12.8. The first-order chi connectivity index (χ1) is 11.6. The smallest absolute Gasteiger partial charge is 0.263 e. The summed E-state index contributed by atoms with van der Waals surface area (Å²) in [7, 11) is 0. The first-order valence-corrected chi connectivity index (χ1v) is 8.96. The Morgan fingerprint density at radius 2 is 2.17 bits per heavy atom. The lowest BCUT2D eigenvalue weighted by molar-refractivity contribution is 0.0711. The average molecular weight is 341 g/mol. The highest BCUT2D eigenvalue weighted by atomic mass is 32.1.